The number of primary amides is 1. The first kappa shape index (κ1) is 107. The third-order valence-corrected chi connectivity index (χ3v) is 27.8. The van der Waals surface area contributed by atoms with Crippen molar-refractivity contribution in [3.8, 4) is 83.1 Å². The van der Waals surface area contributed by atoms with Gasteiger partial charge < -0.3 is 19.7 Å². The number of carbonyl (C=O) groups excluding carboxylic acids is 4. The summed E-state index contributed by atoms with van der Waals surface area (Å²) in [5, 5.41) is 13.5. The summed E-state index contributed by atoms with van der Waals surface area (Å²) >= 11 is 5.23. The van der Waals surface area contributed by atoms with Crippen LogP contribution in [0.1, 0.15) is 271 Å². The van der Waals surface area contributed by atoms with Crippen molar-refractivity contribution in [2.75, 3.05) is 0 Å². The lowest BCUT2D eigenvalue weighted by molar-refractivity contribution is -0.120. The first-order valence-electron chi connectivity index (χ1n) is 49.1. The van der Waals surface area contributed by atoms with E-state index < -0.39 is 5.91 Å². The third kappa shape index (κ3) is 29.1. The van der Waals surface area contributed by atoms with Crippen molar-refractivity contribution in [1.29, 1.82) is 0 Å². The van der Waals surface area contributed by atoms with Crippen LogP contribution in [0.2, 0.25) is 0 Å². The smallest absolute Gasteiger partial charge is 0.252 e. The topological polar surface area (TPSA) is 182 Å². The van der Waals surface area contributed by atoms with Crippen LogP contribution in [0.4, 0.5) is 0 Å². The van der Waals surface area contributed by atoms with E-state index >= 15 is 0 Å². The Morgan fingerprint density at radius 1 is 0.458 bits per heavy atom. The van der Waals surface area contributed by atoms with Crippen LogP contribution < -0.4 is 15.2 Å². The van der Waals surface area contributed by atoms with Crippen molar-refractivity contribution in [3.63, 3.8) is 0 Å². The van der Waals surface area contributed by atoms with Crippen molar-refractivity contribution < 1.29 is 33.2 Å². The number of benzene rings is 13. The second-order valence-corrected chi connectivity index (χ2v) is 40.7. The zero-order valence-corrected chi connectivity index (χ0v) is 86.3. The van der Waals surface area contributed by atoms with Gasteiger partial charge in [0, 0.05) is 95.4 Å². The molecule has 0 spiro atoms. The van der Waals surface area contributed by atoms with E-state index in [-0.39, 0.29) is 25.1 Å². The highest BCUT2D eigenvalue weighted by atomic mass is 32.2. The minimum absolute atomic E-state index is 0. The molecule has 142 heavy (non-hydrogen) atoms. The molecule has 1 fully saturated rings. The molecule has 2 N–H and O–H groups in total. The Kier molecular flexibility index (Phi) is 39.5. The van der Waals surface area contributed by atoms with Crippen LogP contribution in [0.25, 0.3) is 71.6 Å². The van der Waals surface area contributed by atoms with Gasteiger partial charge in [0.2, 0.25) is 0 Å². The summed E-state index contributed by atoms with van der Waals surface area (Å²) in [5.74, 6) is 5.94. The summed E-state index contributed by atoms with van der Waals surface area (Å²) in [6.45, 7) is 34.7. The fraction of sp³-hybridized carbons (Fsp3) is 0.254. The number of fused-ring (bicyclic) bond motifs is 4. The molecule has 13 aromatic carbocycles. The van der Waals surface area contributed by atoms with Crippen LogP contribution in [-0.4, -0.2) is 54.3 Å². The van der Waals surface area contributed by atoms with Crippen molar-refractivity contribution in [2.45, 2.75) is 214 Å². The molecule has 2 aliphatic heterocycles. The van der Waals surface area contributed by atoms with Gasteiger partial charge in [0.25, 0.3) is 5.91 Å². The number of amides is 1. The maximum Gasteiger partial charge on any atom is 0.252 e. The molecule has 3 aliphatic rings. The Balaban J connectivity index is 0.000000145. The normalized spacial score (nSPS) is 12.6. The lowest BCUT2D eigenvalue weighted by Crippen LogP contribution is -2.15. The molecule has 1 saturated carbocycles. The molecule has 16 heteroatoms. The highest BCUT2D eigenvalue weighted by Crippen LogP contribution is 2.43. The van der Waals surface area contributed by atoms with Gasteiger partial charge in [0.05, 0.1) is 45.6 Å². The molecule has 1 unspecified atom stereocenters. The van der Waals surface area contributed by atoms with E-state index in [1.54, 1.807) is 52.6 Å². The van der Waals surface area contributed by atoms with Crippen LogP contribution in [0, 0.1) is 5.92 Å². The fourth-order valence-electron chi connectivity index (χ4n) is 16.4. The molecule has 0 bridgehead atoms. The van der Waals surface area contributed by atoms with E-state index in [4.69, 9.17) is 29.8 Å². The van der Waals surface area contributed by atoms with Crippen molar-refractivity contribution in [2.24, 2.45) is 11.7 Å². The number of nitrogens with zero attached hydrogens (tertiary/aromatic N) is 5. The zero-order valence-electron chi connectivity index (χ0n) is 83.9. The maximum atomic E-state index is 12.6. The average molecular weight is 1940 g/mol. The number of rotatable bonds is 19. The van der Waals surface area contributed by atoms with Gasteiger partial charge in [-0.1, -0.05) is 419 Å². The molecular weight excluding hydrogens is 1810 g/mol. The predicted molar refractivity (Wildman–Crippen MR) is 591 cm³/mol. The second-order valence-electron chi connectivity index (χ2n) is 37.7. The number of nitrogens with two attached hydrogens (primary N) is 1. The van der Waals surface area contributed by atoms with E-state index in [0.29, 0.717) is 88.8 Å². The van der Waals surface area contributed by atoms with E-state index in [1.165, 1.54) is 60.0 Å². The number of hydrogen-bond acceptors (Lipinski definition) is 14. The Labute approximate surface area is 853 Å². The van der Waals surface area contributed by atoms with Crippen LogP contribution in [-0.2, 0) is 24.2 Å². The van der Waals surface area contributed by atoms with Gasteiger partial charge in [-0.05, 0) is 156 Å². The van der Waals surface area contributed by atoms with E-state index in [1.807, 2.05) is 182 Å². The molecule has 1 aliphatic carbocycles. The van der Waals surface area contributed by atoms with Gasteiger partial charge in [0.15, 0.2) is 11.6 Å². The summed E-state index contributed by atoms with van der Waals surface area (Å²) in [6, 6.07) is 116. The Hall–Kier alpha value is -14.0. The molecule has 13 nitrogen and oxygen atoms in total. The standard InChI is InChI=1S/C18H18N2.C18H17NO.C18H17NS.C17H16O2.C17H16OS.C15H20O.C12H13NS.C10H13NO2.CH4/c1-14(2)18-17(15-9-5-3-6-10-15)13-20(19-18)16-11-7-4-8-12-16;1-13(2)18-16(14-9-5-3-6-10-14)17(19-20-18)15-11-7-4-8-12-15;1-13(2)17-16(14-9-5-3-6-10-14)19-18(20-17)15-11-7-4-8-12-15;1-11(2)12-7-8-16-15(9-12)17(18)14-6-4-3-5-13(14)10-19-16;1-11(2)12-7-8-16-13(9-12)10-15(18)14-5-3-4-6-17(14)19-16;1-11(2)13-8-6-12(7-9-13)10-14-4-3-5-15(14)16;1-9(2)11-8-14-12(13-11)10-6-4-3-5-7-10;1-7(2)13-9-6-4-3-5-8(9)10(11)12;/h3-14H,1-2H3;2*3-13H,1-2H3;2*3-9,11H,10H2,1-2H3;6-9,11,14H,3-5,10H2,1-2H3;3-9H,1-2H3;3-7H,1-2H3,(H2,11,12);1H4. The summed E-state index contributed by atoms with van der Waals surface area (Å²) < 4.78 is 18.8. The number of carbonyl (C=O) groups is 4. The van der Waals surface area contributed by atoms with E-state index in [2.05, 4.69) is 282 Å². The number of aromatic nitrogens is 5. The molecular formula is C126H134N6O7S3. The molecule has 17 aromatic rings. The van der Waals surface area contributed by atoms with E-state index in [0.717, 1.165) is 114 Å². The highest BCUT2D eigenvalue weighted by Gasteiger charge is 2.28. The quantitative estimate of drug-likeness (QED) is 0.0810. The van der Waals surface area contributed by atoms with Crippen molar-refractivity contribution >= 4 is 57.7 Å². The minimum Gasteiger partial charge on any atom is -0.490 e. The number of Topliss-reactive ketones (excluding diaryl/α,β-unsaturated/α-hetero) is 2. The molecule has 728 valence electrons. The first-order chi connectivity index (χ1) is 68.1. The van der Waals surface area contributed by atoms with Crippen molar-refractivity contribution in [1.82, 2.24) is 24.9 Å². The van der Waals surface area contributed by atoms with Crippen LogP contribution in [0.5, 0.6) is 11.5 Å². The Morgan fingerprint density at radius 2 is 0.972 bits per heavy atom. The Bertz CT molecular complexity index is 6730. The molecule has 4 aromatic heterocycles. The second kappa shape index (κ2) is 52.5. The zero-order chi connectivity index (χ0) is 100. The molecule has 0 radical (unpaired) electrons. The number of ketones is 3. The molecule has 0 saturated heterocycles. The van der Waals surface area contributed by atoms with Crippen molar-refractivity contribution in [3.05, 3.63) is 435 Å². The average Bonchev–Trinajstić information content (AvgIpc) is 1.64. The maximum absolute atomic E-state index is 12.6. The molecule has 20 rings (SSSR count). The van der Waals surface area contributed by atoms with Crippen LogP contribution in [0.15, 0.2) is 372 Å². The van der Waals surface area contributed by atoms with Gasteiger partial charge in [-0.3, -0.25) is 19.2 Å². The third-order valence-electron chi connectivity index (χ3n) is 24.3. The minimum atomic E-state index is -0.462. The number of hydrogen-bond donors (Lipinski definition) is 1. The number of thiazole rings is 2. The number of ether oxygens (including phenoxy) is 2. The number of para-hydroxylation sites is 2. The van der Waals surface area contributed by atoms with E-state index in [9.17, 15) is 19.2 Å². The predicted octanol–water partition coefficient (Wildman–Crippen LogP) is 33.9. The fourth-order valence-corrected chi connectivity index (χ4v) is 19.6. The molecule has 1 amide bonds. The van der Waals surface area contributed by atoms with Gasteiger partial charge in [-0.15, -0.1) is 22.7 Å². The van der Waals surface area contributed by atoms with Gasteiger partial charge >= 0.3 is 0 Å². The largest absolute Gasteiger partial charge is 0.490 e. The molecule has 6 heterocycles. The van der Waals surface area contributed by atoms with Crippen LogP contribution >= 0.6 is 34.4 Å². The highest BCUT2D eigenvalue weighted by molar-refractivity contribution is 7.99. The first-order valence-corrected chi connectivity index (χ1v) is 51.6. The Morgan fingerprint density at radius 3 is 1.52 bits per heavy atom. The summed E-state index contributed by atoms with van der Waals surface area (Å²) in [7, 11) is 0. The van der Waals surface area contributed by atoms with Gasteiger partial charge in [-0.25, -0.2) is 14.6 Å². The summed E-state index contributed by atoms with van der Waals surface area (Å²) in [4.78, 5) is 60.6. The van der Waals surface area contributed by atoms with Crippen LogP contribution in [0.3, 0.4) is 0 Å². The lowest BCUT2D eigenvalue weighted by Gasteiger charge is -2.11. The lowest BCUT2D eigenvalue weighted by atomic mass is 9.95. The summed E-state index contributed by atoms with van der Waals surface area (Å²) in [5.41, 5.74) is 30.0. The van der Waals surface area contributed by atoms with Gasteiger partial charge in [-0.2, -0.15) is 5.10 Å². The monoisotopic (exact) mass is 1940 g/mol. The molecule has 1 atom stereocenters. The van der Waals surface area contributed by atoms with Gasteiger partial charge in [0.1, 0.15) is 45.4 Å². The summed E-state index contributed by atoms with van der Waals surface area (Å²) in [6.07, 6.45) is 6.60. The SMILES string of the molecule is C.CC(C)Oc1ccccc1C(N)=O.CC(C)c1ccc(CC2CCCC2=O)cc1.CC(C)c1ccc2c(c1)C(=O)c1ccccc1CO2.CC(C)c1ccc2c(c1)CC(=O)c1ccccc1S2.CC(C)c1csc(-c2ccccc2)n1.CC(C)c1nn(-c2ccccc2)cc1-c1ccccc1.CC(C)c1onc(-c2ccccc2)c1-c1ccccc1.CC(C)c1sc(-c2ccccc2)nc1-c1ccccc1.